The lowest BCUT2D eigenvalue weighted by Crippen LogP contribution is -2.36. The molecule has 0 aliphatic heterocycles. The van der Waals surface area contributed by atoms with Crippen molar-refractivity contribution in [1.29, 1.82) is 0 Å². The Morgan fingerprint density at radius 3 is 2.68 bits per heavy atom. The molecule has 38 heavy (non-hydrogen) atoms. The van der Waals surface area contributed by atoms with E-state index in [1.54, 1.807) is 12.4 Å². The zero-order valence-electron chi connectivity index (χ0n) is 21.7. The second-order valence-electron chi connectivity index (χ2n) is 11.3. The predicted molar refractivity (Wildman–Crippen MR) is 146 cm³/mol. The number of aromatic nitrogens is 2. The van der Waals surface area contributed by atoms with E-state index in [1.165, 1.54) is 13.8 Å². The monoisotopic (exact) mass is 534 g/mol. The van der Waals surface area contributed by atoms with Gasteiger partial charge in [-0.3, -0.25) is 9.78 Å². The second kappa shape index (κ2) is 8.88. The van der Waals surface area contributed by atoms with Crippen molar-refractivity contribution in [2.24, 2.45) is 0 Å². The summed E-state index contributed by atoms with van der Waals surface area (Å²) in [4.78, 5) is 21.2. The Labute approximate surface area is 221 Å². The number of alkyl halides is 1. The second-order valence-corrected chi connectivity index (χ2v) is 13.0. The summed E-state index contributed by atoms with van der Waals surface area (Å²) in [7, 11) is -4.03. The highest BCUT2D eigenvalue weighted by atomic mass is 32.2. The van der Waals surface area contributed by atoms with Crippen LogP contribution in [-0.4, -0.2) is 42.5 Å². The van der Waals surface area contributed by atoms with Crippen LogP contribution < -0.4 is 10.0 Å². The molecule has 0 saturated heterocycles. The molecule has 2 heterocycles. The Bertz CT molecular complexity index is 1700. The molecule has 7 nitrogen and oxygen atoms in total. The fourth-order valence-electron chi connectivity index (χ4n) is 5.41. The normalized spacial score (nSPS) is 17.7. The molecule has 9 heteroatoms. The van der Waals surface area contributed by atoms with Crippen molar-refractivity contribution in [1.82, 2.24) is 20.0 Å². The average Bonchev–Trinajstić information content (AvgIpc) is 3.50. The minimum Gasteiger partial charge on any atom is -0.360 e. The van der Waals surface area contributed by atoms with Gasteiger partial charge in [0.05, 0.1) is 10.5 Å². The maximum atomic E-state index is 14.3. The highest BCUT2D eigenvalue weighted by Crippen LogP contribution is 2.42. The van der Waals surface area contributed by atoms with Crippen LogP contribution in [0.1, 0.15) is 65.3 Å². The average molecular weight is 535 g/mol. The number of carbonyl (C=O) groups excluding carboxylic acids is 1. The van der Waals surface area contributed by atoms with Gasteiger partial charge in [-0.15, -0.1) is 0 Å². The lowest BCUT2D eigenvalue weighted by molar-refractivity contribution is 0.0940. The topological polar surface area (TPSA) is 104 Å². The molecule has 0 radical (unpaired) electrons. The van der Waals surface area contributed by atoms with Crippen molar-refractivity contribution in [3.63, 3.8) is 0 Å². The number of rotatable bonds is 7. The minimum atomic E-state index is -4.03. The fourth-order valence-corrected chi connectivity index (χ4v) is 7.09. The first-order valence-electron chi connectivity index (χ1n) is 13.0. The lowest BCUT2D eigenvalue weighted by Gasteiger charge is -2.18. The third-order valence-electron chi connectivity index (χ3n) is 7.47. The number of H-pyrrole nitrogens is 1. The summed E-state index contributed by atoms with van der Waals surface area (Å²) in [5.41, 5.74) is 3.27. The molecule has 1 amide bonds. The molecule has 1 fully saturated rings. The van der Waals surface area contributed by atoms with Crippen LogP contribution in [0.4, 0.5) is 4.39 Å². The molecule has 0 spiro atoms. The summed E-state index contributed by atoms with van der Waals surface area (Å²) in [5.74, 6) is 0.148. The fraction of sp³-hybridized carbons (Fsp3) is 0.379. The number of aromatic amines is 1. The van der Waals surface area contributed by atoms with E-state index in [2.05, 4.69) is 20.0 Å². The van der Waals surface area contributed by atoms with Gasteiger partial charge in [0.15, 0.2) is 0 Å². The van der Waals surface area contributed by atoms with E-state index in [9.17, 15) is 17.6 Å². The van der Waals surface area contributed by atoms with Crippen molar-refractivity contribution in [3.05, 3.63) is 70.7 Å². The van der Waals surface area contributed by atoms with Crippen LogP contribution in [0.5, 0.6) is 0 Å². The summed E-state index contributed by atoms with van der Waals surface area (Å²) >= 11 is 0. The number of halogens is 1. The summed E-state index contributed by atoms with van der Waals surface area (Å²) in [6, 6.07) is 9.48. The largest absolute Gasteiger partial charge is 0.360 e. The Kier molecular flexibility index (Phi) is 5.84. The van der Waals surface area contributed by atoms with E-state index in [0.29, 0.717) is 35.3 Å². The van der Waals surface area contributed by atoms with E-state index in [1.807, 2.05) is 37.3 Å². The van der Waals surface area contributed by atoms with Gasteiger partial charge in [-0.05, 0) is 81.3 Å². The van der Waals surface area contributed by atoms with Crippen molar-refractivity contribution >= 4 is 37.6 Å². The Morgan fingerprint density at radius 1 is 1.16 bits per heavy atom. The summed E-state index contributed by atoms with van der Waals surface area (Å²) in [5, 5.41) is 5.29. The van der Waals surface area contributed by atoms with Gasteiger partial charge in [-0.1, -0.05) is 12.1 Å². The number of nitrogens with zero attached hydrogens (tertiary/aromatic N) is 1. The maximum absolute atomic E-state index is 14.3. The van der Waals surface area contributed by atoms with Crippen LogP contribution in [0.15, 0.2) is 47.6 Å². The molecule has 2 aromatic heterocycles. The molecular formula is C29H31FN4O3S. The molecule has 2 aromatic carbocycles. The Balaban J connectivity index is 1.36. The van der Waals surface area contributed by atoms with Crippen LogP contribution in [-0.2, 0) is 22.9 Å². The first-order valence-corrected chi connectivity index (χ1v) is 14.5. The van der Waals surface area contributed by atoms with Gasteiger partial charge >= 0.3 is 0 Å². The number of pyridine rings is 1. The number of amides is 1. The summed E-state index contributed by atoms with van der Waals surface area (Å²) in [6.07, 6.45) is 6.40. The van der Waals surface area contributed by atoms with Crippen molar-refractivity contribution in [3.8, 4) is 0 Å². The number of hydrogen-bond acceptors (Lipinski definition) is 4. The molecule has 4 aromatic rings. The smallest absolute Gasteiger partial charge is 0.253 e. The van der Waals surface area contributed by atoms with Gasteiger partial charge < -0.3 is 10.3 Å². The molecule has 3 N–H and O–H groups in total. The quantitative estimate of drug-likeness (QED) is 0.316. The van der Waals surface area contributed by atoms with Gasteiger partial charge in [-0.25, -0.2) is 17.5 Å². The number of sulfonamides is 1. The lowest BCUT2D eigenvalue weighted by atomic mass is 10.0. The van der Waals surface area contributed by atoms with E-state index in [-0.39, 0.29) is 23.4 Å². The molecule has 2 aliphatic rings. The molecule has 2 aliphatic carbocycles. The Hall–Kier alpha value is -3.30. The van der Waals surface area contributed by atoms with Gasteiger partial charge in [0.2, 0.25) is 10.0 Å². The number of nitrogens with one attached hydrogen (secondary N) is 3. The molecule has 0 unspecified atom stereocenters. The van der Waals surface area contributed by atoms with Crippen LogP contribution in [0.2, 0.25) is 0 Å². The highest BCUT2D eigenvalue weighted by Gasteiger charge is 2.34. The first-order chi connectivity index (χ1) is 18.0. The molecule has 198 valence electrons. The SMILES string of the molecule is Cc1ccc2c(C(=O)N[C@@H]3Cc4cc5cnc(C6CC6)cc5c(S(=O)(=O)NCC(C)(C)F)c4C3)c[nH]c2c1. The number of benzene rings is 2. The van der Waals surface area contributed by atoms with Crippen LogP contribution >= 0.6 is 0 Å². The van der Waals surface area contributed by atoms with Crippen LogP contribution in [0, 0.1) is 6.92 Å². The van der Waals surface area contributed by atoms with Crippen LogP contribution in [0.25, 0.3) is 21.7 Å². The number of fused-ring (bicyclic) bond motifs is 3. The van der Waals surface area contributed by atoms with Gasteiger partial charge in [0.25, 0.3) is 5.91 Å². The minimum absolute atomic E-state index is 0.179. The van der Waals surface area contributed by atoms with E-state index < -0.39 is 15.7 Å². The zero-order valence-corrected chi connectivity index (χ0v) is 22.5. The molecule has 1 saturated carbocycles. The van der Waals surface area contributed by atoms with Crippen molar-refractivity contribution in [2.75, 3.05) is 6.54 Å². The zero-order chi connectivity index (χ0) is 26.8. The van der Waals surface area contributed by atoms with Gasteiger partial charge in [0, 0.05) is 58.3 Å². The van der Waals surface area contributed by atoms with E-state index >= 15 is 0 Å². The molecule has 1 atom stereocenters. The maximum Gasteiger partial charge on any atom is 0.253 e. The van der Waals surface area contributed by atoms with Gasteiger partial charge in [0.1, 0.15) is 5.67 Å². The van der Waals surface area contributed by atoms with E-state index in [4.69, 9.17) is 0 Å². The summed E-state index contributed by atoms with van der Waals surface area (Å²) < 4.78 is 44.1. The number of aryl methyl sites for hydroxylation is 1. The molecule has 6 rings (SSSR count). The van der Waals surface area contributed by atoms with Gasteiger partial charge in [-0.2, -0.15) is 0 Å². The third kappa shape index (κ3) is 4.69. The molecule has 0 bridgehead atoms. The number of carbonyl (C=O) groups is 1. The Morgan fingerprint density at radius 2 is 1.95 bits per heavy atom. The summed E-state index contributed by atoms with van der Waals surface area (Å²) in [6.45, 7) is 4.35. The van der Waals surface area contributed by atoms with Crippen LogP contribution in [0.3, 0.4) is 0 Å². The van der Waals surface area contributed by atoms with Crippen molar-refractivity contribution < 1.29 is 17.6 Å². The predicted octanol–water partition coefficient (Wildman–Crippen LogP) is 4.83. The first kappa shape index (κ1) is 25.0. The standard InChI is InChI=1S/C29H31FN4O3S/c1-16-4-7-21-24(14-32-26(21)8-16)28(35)34-20-10-18-9-19-13-31-25(17-5-6-17)12-23(19)27(22(18)11-20)38(36,37)33-15-29(2,3)30/h4,7-9,12-14,17,20,32-33H,5-6,10-11,15H2,1-3H3,(H,34,35)/t20-/m1/s1. The highest BCUT2D eigenvalue weighted by molar-refractivity contribution is 7.89. The van der Waals surface area contributed by atoms with Crippen molar-refractivity contribution in [2.45, 2.75) is 69.0 Å². The number of hydrogen-bond donors (Lipinski definition) is 3. The third-order valence-corrected chi connectivity index (χ3v) is 9.00. The molecular weight excluding hydrogens is 503 g/mol. The van der Waals surface area contributed by atoms with E-state index in [0.717, 1.165) is 46.0 Å².